The minimum atomic E-state index is -4.50. The Morgan fingerprint density at radius 2 is 1.74 bits per heavy atom. The van der Waals surface area contributed by atoms with Crippen LogP contribution >= 0.6 is 0 Å². The normalized spacial score (nSPS) is 16.1. The quantitative estimate of drug-likeness (QED) is 0.426. The van der Waals surface area contributed by atoms with E-state index in [-0.39, 0.29) is 61.4 Å². The third kappa shape index (κ3) is 5.98. The number of amides is 2. The number of piperazine rings is 1. The van der Waals surface area contributed by atoms with Gasteiger partial charge in [-0.1, -0.05) is 12.2 Å². The van der Waals surface area contributed by atoms with E-state index in [0.717, 1.165) is 12.3 Å². The molecule has 2 aromatic carbocycles. The summed E-state index contributed by atoms with van der Waals surface area (Å²) in [6.45, 7) is 0.995. The van der Waals surface area contributed by atoms with Crippen LogP contribution in [-0.4, -0.2) is 92.1 Å². The Kier molecular flexibility index (Phi) is 7.75. The lowest BCUT2D eigenvalue weighted by atomic mass is 10.1. The first-order valence-corrected chi connectivity index (χ1v) is 14.9. The summed E-state index contributed by atoms with van der Waals surface area (Å²) in [6.07, 6.45) is 2.22. The maximum atomic E-state index is 13.5. The van der Waals surface area contributed by atoms with Crippen molar-refractivity contribution in [1.29, 1.82) is 0 Å². The van der Waals surface area contributed by atoms with E-state index < -0.39 is 27.6 Å². The molecule has 0 aliphatic carbocycles. The van der Waals surface area contributed by atoms with Gasteiger partial charge in [-0.2, -0.15) is 18.3 Å². The predicted molar refractivity (Wildman–Crippen MR) is 149 cm³/mol. The number of sulfone groups is 1. The molecular formula is C28H28F3N5O5S. The van der Waals surface area contributed by atoms with Gasteiger partial charge in [0.15, 0.2) is 9.84 Å². The first-order valence-electron chi connectivity index (χ1n) is 13.0. The van der Waals surface area contributed by atoms with Crippen molar-refractivity contribution in [3.8, 4) is 5.75 Å². The Hall–Kier alpha value is -4.33. The van der Waals surface area contributed by atoms with E-state index in [4.69, 9.17) is 4.74 Å². The van der Waals surface area contributed by atoms with Crippen LogP contribution in [0.15, 0.2) is 71.4 Å². The molecule has 0 atom stereocenters. The minimum Gasteiger partial charge on any atom is -0.496 e. The number of rotatable bonds is 6. The minimum absolute atomic E-state index is 0.00390. The summed E-state index contributed by atoms with van der Waals surface area (Å²) >= 11 is 0. The molecule has 1 fully saturated rings. The van der Waals surface area contributed by atoms with Gasteiger partial charge in [-0.3, -0.25) is 14.3 Å². The lowest BCUT2D eigenvalue weighted by Gasteiger charge is -2.35. The van der Waals surface area contributed by atoms with Gasteiger partial charge in [0.2, 0.25) is 5.91 Å². The zero-order chi connectivity index (χ0) is 30.2. The van der Waals surface area contributed by atoms with E-state index in [0.29, 0.717) is 16.6 Å². The Labute approximate surface area is 240 Å². The molecule has 1 saturated heterocycles. The summed E-state index contributed by atoms with van der Waals surface area (Å²) in [7, 11) is -2.14. The molecule has 42 heavy (non-hydrogen) atoms. The molecule has 2 aliphatic rings. The molecule has 0 saturated carbocycles. The Morgan fingerprint density at radius 1 is 1.02 bits per heavy atom. The van der Waals surface area contributed by atoms with Gasteiger partial charge >= 0.3 is 6.18 Å². The molecule has 0 unspecified atom stereocenters. The summed E-state index contributed by atoms with van der Waals surface area (Å²) in [5.41, 5.74) is 0.269. The van der Waals surface area contributed by atoms with Crippen molar-refractivity contribution in [3.63, 3.8) is 0 Å². The number of aromatic nitrogens is 2. The topological polar surface area (TPSA) is 105 Å². The Bertz CT molecular complexity index is 1710. The number of halogens is 3. The van der Waals surface area contributed by atoms with E-state index in [9.17, 15) is 31.2 Å². The molecule has 14 heteroatoms. The van der Waals surface area contributed by atoms with Gasteiger partial charge in [-0.25, -0.2) is 8.42 Å². The molecule has 0 bridgehead atoms. The fourth-order valence-electron chi connectivity index (χ4n) is 4.97. The third-order valence-electron chi connectivity index (χ3n) is 7.15. The van der Waals surface area contributed by atoms with Crippen molar-refractivity contribution < 1.29 is 35.9 Å². The average molecular weight is 604 g/mol. The summed E-state index contributed by atoms with van der Waals surface area (Å²) < 4.78 is 71.2. The zero-order valence-electron chi connectivity index (χ0n) is 22.8. The van der Waals surface area contributed by atoms with Crippen LogP contribution in [-0.2, 0) is 21.2 Å². The fourth-order valence-corrected chi connectivity index (χ4v) is 5.62. The van der Waals surface area contributed by atoms with Gasteiger partial charge in [0, 0.05) is 56.3 Å². The number of alkyl halides is 3. The number of methoxy groups -OCH3 is 1. The van der Waals surface area contributed by atoms with Gasteiger partial charge < -0.3 is 19.4 Å². The van der Waals surface area contributed by atoms with Crippen molar-refractivity contribution in [2.24, 2.45) is 0 Å². The molecule has 0 N–H and O–H groups in total. The highest BCUT2D eigenvalue weighted by Crippen LogP contribution is 2.35. The summed E-state index contributed by atoms with van der Waals surface area (Å²) in [6, 6.07) is 8.91. The predicted octanol–water partition coefficient (Wildman–Crippen LogP) is 3.26. The summed E-state index contributed by atoms with van der Waals surface area (Å²) in [5, 5.41) is 5.00. The average Bonchev–Trinajstić information content (AvgIpc) is 3.37. The van der Waals surface area contributed by atoms with E-state index in [1.807, 2.05) is 0 Å². The van der Waals surface area contributed by atoms with Crippen molar-refractivity contribution in [3.05, 3.63) is 72.1 Å². The SMILES string of the molecule is COc1ccc(S(C)(=O)=O)cc1C(=O)N1CCN(C(=O)Cn2cc3cc(N4CC=CC=C4C(F)(F)F)ccc3n2)CC1. The molecule has 5 rings (SSSR count). The van der Waals surface area contributed by atoms with Crippen LogP contribution in [0, 0.1) is 0 Å². The molecule has 3 heterocycles. The second-order valence-electron chi connectivity index (χ2n) is 9.97. The standard InChI is InChI=1S/C28H28F3N5O5S/c1-41-24-9-7-21(42(2,39)40)16-22(24)27(38)34-13-11-33(12-14-34)26(37)18-35-17-19-15-20(6-8-23(19)32-35)36-10-4-3-5-25(36)28(29,30)31/h3-9,15-17H,10-14,18H2,1-2H3. The molecular weight excluding hydrogens is 575 g/mol. The Balaban J connectivity index is 1.24. The van der Waals surface area contributed by atoms with Gasteiger partial charge in [-0.15, -0.1) is 0 Å². The number of benzene rings is 2. The molecule has 222 valence electrons. The monoisotopic (exact) mass is 603 g/mol. The lowest BCUT2D eigenvalue weighted by Crippen LogP contribution is -2.51. The molecule has 1 aromatic heterocycles. The van der Waals surface area contributed by atoms with Crippen LogP contribution in [0.25, 0.3) is 10.9 Å². The second-order valence-corrected chi connectivity index (χ2v) is 12.0. The fraction of sp³-hybridized carbons (Fsp3) is 0.321. The second kappa shape index (κ2) is 11.2. The maximum Gasteiger partial charge on any atom is 0.431 e. The first-order chi connectivity index (χ1) is 19.8. The molecule has 0 spiro atoms. The van der Waals surface area contributed by atoms with E-state index >= 15 is 0 Å². The summed E-state index contributed by atoms with van der Waals surface area (Å²) in [5.74, 6) is -0.372. The molecule has 2 aliphatic heterocycles. The number of nitrogens with zero attached hydrogens (tertiary/aromatic N) is 5. The van der Waals surface area contributed by atoms with Gasteiger partial charge in [0.05, 0.1) is 23.1 Å². The van der Waals surface area contributed by atoms with Crippen LogP contribution in [0.2, 0.25) is 0 Å². The van der Waals surface area contributed by atoms with Crippen LogP contribution in [0.4, 0.5) is 18.9 Å². The van der Waals surface area contributed by atoms with E-state index in [1.54, 1.807) is 35.4 Å². The van der Waals surface area contributed by atoms with Gasteiger partial charge in [-0.05, 0) is 42.5 Å². The molecule has 0 radical (unpaired) electrons. The number of ether oxygens (including phenoxy) is 1. The number of carbonyl (C=O) groups excluding carboxylic acids is 2. The molecule has 10 nitrogen and oxygen atoms in total. The smallest absolute Gasteiger partial charge is 0.431 e. The zero-order valence-corrected chi connectivity index (χ0v) is 23.7. The van der Waals surface area contributed by atoms with Crippen LogP contribution in [0.1, 0.15) is 10.4 Å². The van der Waals surface area contributed by atoms with Crippen molar-refractivity contribution in [2.45, 2.75) is 17.6 Å². The number of fused-ring (bicyclic) bond motifs is 1. The highest BCUT2D eigenvalue weighted by Gasteiger charge is 2.38. The van der Waals surface area contributed by atoms with Crippen molar-refractivity contribution in [1.82, 2.24) is 19.6 Å². The summed E-state index contributed by atoms with van der Waals surface area (Å²) in [4.78, 5) is 30.6. The number of hydrogen-bond donors (Lipinski definition) is 0. The molecule has 2 amide bonds. The molecule has 3 aromatic rings. The number of carbonyl (C=O) groups is 2. The Morgan fingerprint density at radius 3 is 2.40 bits per heavy atom. The van der Waals surface area contributed by atoms with Gasteiger partial charge in [0.1, 0.15) is 18.0 Å². The van der Waals surface area contributed by atoms with Gasteiger partial charge in [0.25, 0.3) is 5.91 Å². The highest BCUT2D eigenvalue weighted by atomic mass is 32.2. The largest absolute Gasteiger partial charge is 0.496 e. The number of hydrogen-bond acceptors (Lipinski definition) is 7. The van der Waals surface area contributed by atoms with E-state index in [1.165, 1.54) is 45.9 Å². The van der Waals surface area contributed by atoms with E-state index in [2.05, 4.69) is 5.10 Å². The highest BCUT2D eigenvalue weighted by molar-refractivity contribution is 7.90. The number of anilines is 1. The maximum absolute atomic E-state index is 13.5. The lowest BCUT2D eigenvalue weighted by molar-refractivity contribution is -0.133. The van der Waals surface area contributed by atoms with Crippen LogP contribution in [0.3, 0.4) is 0 Å². The third-order valence-corrected chi connectivity index (χ3v) is 8.26. The van der Waals surface area contributed by atoms with Crippen LogP contribution < -0.4 is 9.64 Å². The number of allylic oxidation sites excluding steroid dienone is 3. The van der Waals surface area contributed by atoms with Crippen molar-refractivity contribution >= 4 is 38.2 Å². The van der Waals surface area contributed by atoms with Crippen LogP contribution in [0.5, 0.6) is 5.75 Å². The first kappa shape index (κ1) is 29.2. The van der Waals surface area contributed by atoms with Crippen molar-refractivity contribution in [2.75, 3.05) is 51.0 Å².